The Balaban J connectivity index is 2.49. The van der Waals surface area contributed by atoms with Gasteiger partial charge in [-0.25, -0.2) is 0 Å². The molecule has 0 aliphatic rings. The first kappa shape index (κ1) is 16.1. The Morgan fingerprint density at radius 3 is 2.30 bits per heavy atom. The van der Waals surface area contributed by atoms with Crippen LogP contribution >= 0.6 is 50.5 Å². The molecule has 108 valence electrons. The van der Waals surface area contributed by atoms with Crippen molar-refractivity contribution in [2.24, 2.45) is 0 Å². The van der Waals surface area contributed by atoms with Gasteiger partial charge in [-0.3, -0.25) is 0 Å². The van der Waals surface area contributed by atoms with Crippen molar-refractivity contribution in [2.45, 2.75) is 12.3 Å². The van der Waals surface area contributed by atoms with Gasteiger partial charge in [0.2, 0.25) is 0 Å². The molecule has 0 saturated carbocycles. The van der Waals surface area contributed by atoms with Gasteiger partial charge < -0.3 is 5.11 Å². The number of aliphatic hydroxyl groups excluding tert-OH is 1. The molecule has 1 atom stereocenters. The summed E-state index contributed by atoms with van der Waals surface area (Å²) in [5.41, 5.74) is -0.481. The summed E-state index contributed by atoms with van der Waals surface area (Å²) in [6.45, 7) is 0. The van der Waals surface area contributed by atoms with E-state index < -0.39 is 17.8 Å². The molecule has 2 aromatic rings. The summed E-state index contributed by atoms with van der Waals surface area (Å²) in [4.78, 5) is 0. The molecule has 1 aromatic carbocycles. The van der Waals surface area contributed by atoms with Crippen molar-refractivity contribution in [3.8, 4) is 0 Å². The Morgan fingerprint density at radius 2 is 1.80 bits per heavy atom. The minimum absolute atomic E-state index is 0.0798. The van der Waals surface area contributed by atoms with Crippen LogP contribution in [0.5, 0.6) is 0 Å². The highest BCUT2D eigenvalue weighted by Crippen LogP contribution is 2.40. The van der Waals surface area contributed by atoms with Crippen LogP contribution in [0.4, 0.5) is 13.2 Å². The van der Waals surface area contributed by atoms with Crippen LogP contribution in [0.3, 0.4) is 0 Å². The highest BCUT2D eigenvalue weighted by molar-refractivity contribution is 9.10. The van der Waals surface area contributed by atoms with Crippen molar-refractivity contribution in [3.63, 3.8) is 0 Å². The lowest BCUT2D eigenvalue weighted by Crippen LogP contribution is -2.08. The van der Waals surface area contributed by atoms with Crippen molar-refractivity contribution in [1.29, 1.82) is 0 Å². The fraction of sp³-hybridized carbons (Fsp3) is 0.167. The number of rotatable bonds is 2. The summed E-state index contributed by atoms with van der Waals surface area (Å²) in [6, 6.07) is 4.49. The van der Waals surface area contributed by atoms with Gasteiger partial charge in [-0.05, 0) is 29.8 Å². The molecule has 1 aromatic heterocycles. The van der Waals surface area contributed by atoms with Crippen LogP contribution in [0.2, 0.25) is 8.67 Å². The lowest BCUT2D eigenvalue weighted by Gasteiger charge is -2.15. The highest BCUT2D eigenvalue weighted by Gasteiger charge is 2.32. The van der Waals surface area contributed by atoms with Crippen LogP contribution in [-0.4, -0.2) is 5.11 Å². The maximum Gasteiger partial charge on any atom is 0.416 e. The number of hydrogen-bond donors (Lipinski definition) is 1. The maximum absolute atomic E-state index is 12.7. The largest absolute Gasteiger partial charge is 0.416 e. The molecule has 0 saturated heterocycles. The van der Waals surface area contributed by atoms with Gasteiger partial charge in [-0.15, -0.1) is 11.3 Å². The maximum atomic E-state index is 12.7. The molecule has 20 heavy (non-hydrogen) atoms. The number of benzene rings is 1. The second-order valence-electron chi connectivity index (χ2n) is 3.92. The zero-order valence-corrected chi connectivity index (χ0v) is 13.4. The number of aliphatic hydroxyl groups is 1. The Morgan fingerprint density at radius 1 is 1.15 bits per heavy atom. The Bertz CT molecular complexity index is 642. The lowest BCUT2D eigenvalue weighted by atomic mass is 10.0. The molecule has 8 heteroatoms. The third kappa shape index (κ3) is 3.31. The van der Waals surface area contributed by atoms with Gasteiger partial charge in [0, 0.05) is 10.0 Å². The second-order valence-corrected chi connectivity index (χ2v) is 7.06. The summed E-state index contributed by atoms with van der Waals surface area (Å²) >= 11 is 15.8. The Hall–Kier alpha value is -0.270. The number of alkyl halides is 3. The average Bonchev–Trinajstić information content (AvgIpc) is 2.66. The molecule has 1 heterocycles. The third-order valence-electron chi connectivity index (χ3n) is 2.60. The standard InChI is InChI=1S/C12H6BrCl2F3OS/c13-8-2-1-5(12(16,17)18)3-6(8)10(19)7-4-9(14)20-11(7)15/h1-4,10,19H. The molecule has 0 fully saturated rings. The van der Waals surface area contributed by atoms with Crippen molar-refractivity contribution in [1.82, 2.24) is 0 Å². The van der Waals surface area contributed by atoms with E-state index in [1.165, 1.54) is 12.1 Å². The summed E-state index contributed by atoms with van der Waals surface area (Å²) < 4.78 is 39.1. The molecular weight excluding hydrogens is 400 g/mol. The monoisotopic (exact) mass is 404 g/mol. The number of hydrogen-bond acceptors (Lipinski definition) is 2. The van der Waals surface area contributed by atoms with Gasteiger partial charge in [-0.1, -0.05) is 39.1 Å². The molecule has 0 amide bonds. The first-order valence-corrected chi connectivity index (χ1v) is 7.56. The topological polar surface area (TPSA) is 20.2 Å². The van der Waals surface area contributed by atoms with Gasteiger partial charge in [0.1, 0.15) is 10.4 Å². The van der Waals surface area contributed by atoms with Crippen LogP contribution in [0.1, 0.15) is 22.8 Å². The third-order valence-corrected chi connectivity index (χ3v) is 4.84. The van der Waals surface area contributed by atoms with Gasteiger partial charge in [0.15, 0.2) is 0 Å². The zero-order valence-electron chi connectivity index (χ0n) is 9.51. The quantitative estimate of drug-likeness (QED) is 0.657. The van der Waals surface area contributed by atoms with E-state index in [1.54, 1.807) is 0 Å². The molecule has 0 aliphatic heterocycles. The summed E-state index contributed by atoms with van der Waals surface area (Å²) in [5, 5.41) is 10.2. The molecule has 0 radical (unpaired) electrons. The van der Waals surface area contributed by atoms with Crippen LogP contribution in [0.15, 0.2) is 28.7 Å². The SMILES string of the molecule is OC(c1cc(C(F)(F)F)ccc1Br)c1cc(Cl)sc1Cl. The fourth-order valence-corrected chi connectivity index (χ4v) is 3.62. The van der Waals surface area contributed by atoms with Crippen LogP contribution in [0, 0.1) is 0 Å². The average molecular weight is 406 g/mol. The van der Waals surface area contributed by atoms with Crippen molar-refractivity contribution < 1.29 is 18.3 Å². The van der Waals surface area contributed by atoms with Crippen LogP contribution < -0.4 is 0 Å². The minimum atomic E-state index is -4.48. The van der Waals surface area contributed by atoms with Crippen LogP contribution in [-0.2, 0) is 6.18 Å². The second kappa shape index (κ2) is 5.85. The molecule has 2 rings (SSSR count). The molecule has 1 N–H and O–H groups in total. The predicted molar refractivity (Wildman–Crippen MR) is 77.5 cm³/mol. The highest BCUT2D eigenvalue weighted by atomic mass is 79.9. The van der Waals surface area contributed by atoms with Gasteiger partial charge >= 0.3 is 6.18 Å². The first-order chi connectivity index (χ1) is 9.20. The first-order valence-electron chi connectivity index (χ1n) is 5.19. The van der Waals surface area contributed by atoms with Gasteiger partial charge in [0.25, 0.3) is 0 Å². The molecular formula is C12H6BrCl2F3OS. The Kier molecular flexibility index (Phi) is 4.71. The van der Waals surface area contributed by atoms with Gasteiger partial charge in [0.05, 0.1) is 9.90 Å². The van der Waals surface area contributed by atoms with E-state index in [-0.39, 0.29) is 15.5 Å². The minimum Gasteiger partial charge on any atom is -0.384 e. The fourth-order valence-electron chi connectivity index (χ4n) is 1.64. The lowest BCUT2D eigenvalue weighted by molar-refractivity contribution is -0.137. The van der Waals surface area contributed by atoms with E-state index in [2.05, 4.69) is 15.9 Å². The van der Waals surface area contributed by atoms with E-state index in [0.29, 0.717) is 8.81 Å². The van der Waals surface area contributed by atoms with E-state index in [0.717, 1.165) is 23.5 Å². The van der Waals surface area contributed by atoms with E-state index >= 15 is 0 Å². The number of thiophene rings is 1. The molecule has 1 unspecified atom stereocenters. The summed E-state index contributed by atoms with van der Waals surface area (Å²) in [5.74, 6) is 0. The van der Waals surface area contributed by atoms with Crippen molar-refractivity contribution >= 4 is 50.5 Å². The van der Waals surface area contributed by atoms with Crippen molar-refractivity contribution in [3.05, 3.63) is 54.1 Å². The van der Waals surface area contributed by atoms with Crippen LogP contribution in [0.25, 0.3) is 0 Å². The predicted octanol–water partition coefficient (Wildman–Crippen LogP) is 5.92. The normalized spacial score (nSPS) is 13.6. The molecule has 1 nitrogen and oxygen atoms in total. The van der Waals surface area contributed by atoms with E-state index in [1.807, 2.05) is 0 Å². The zero-order chi connectivity index (χ0) is 15.1. The molecule has 0 spiro atoms. The smallest absolute Gasteiger partial charge is 0.384 e. The summed E-state index contributed by atoms with van der Waals surface area (Å²) in [7, 11) is 0. The molecule has 0 aliphatic carbocycles. The summed E-state index contributed by atoms with van der Waals surface area (Å²) in [6.07, 6.45) is -5.77. The van der Waals surface area contributed by atoms with E-state index in [4.69, 9.17) is 23.2 Å². The molecule has 0 bridgehead atoms. The number of halogens is 6. The van der Waals surface area contributed by atoms with Gasteiger partial charge in [-0.2, -0.15) is 13.2 Å². The van der Waals surface area contributed by atoms with E-state index in [9.17, 15) is 18.3 Å². The Labute approximate surface area is 135 Å². The van der Waals surface area contributed by atoms with Crippen molar-refractivity contribution in [2.75, 3.05) is 0 Å².